The molecule has 2 heterocycles. The second-order valence-corrected chi connectivity index (χ2v) is 9.05. The number of benzene rings is 3. The molecule has 1 aromatic heterocycles. The monoisotopic (exact) mass is 477 g/mol. The van der Waals surface area contributed by atoms with E-state index < -0.39 is 12.0 Å². The zero-order valence-electron chi connectivity index (χ0n) is 18.5. The lowest BCUT2D eigenvalue weighted by atomic mass is 9.96. The van der Waals surface area contributed by atoms with Crippen molar-refractivity contribution in [3.8, 4) is 0 Å². The summed E-state index contributed by atoms with van der Waals surface area (Å²) in [5, 5.41) is 11.5. The molecule has 4 aromatic rings. The van der Waals surface area contributed by atoms with Crippen LogP contribution in [0.5, 0.6) is 0 Å². The predicted octanol–water partition coefficient (Wildman–Crippen LogP) is 5.49. The number of halogens is 2. The van der Waals surface area contributed by atoms with Crippen LogP contribution in [0, 0.1) is 5.82 Å². The zero-order valence-corrected chi connectivity index (χ0v) is 19.3. The minimum atomic E-state index is -0.906. The van der Waals surface area contributed by atoms with Crippen molar-refractivity contribution in [3.05, 3.63) is 107 Å². The van der Waals surface area contributed by atoms with Gasteiger partial charge in [-0.05, 0) is 41.5 Å². The van der Waals surface area contributed by atoms with Crippen LogP contribution < -0.4 is 0 Å². The van der Waals surface area contributed by atoms with Gasteiger partial charge in [0.25, 0.3) is 0 Å². The highest BCUT2D eigenvalue weighted by Crippen LogP contribution is 2.34. The number of fused-ring (bicyclic) bond motifs is 1. The maximum Gasteiger partial charge on any atom is 0.325 e. The Bertz CT molecular complexity index is 1280. The van der Waals surface area contributed by atoms with E-state index in [1.165, 1.54) is 17.7 Å². The van der Waals surface area contributed by atoms with Crippen LogP contribution in [0.15, 0.2) is 79.0 Å². The molecular weight excluding hydrogens is 453 g/mol. The molecule has 3 aromatic carbocycles. The van der Waals surface area contributed by atoms with Crippen LogP contribution in [-0.4, -0.2) is 52.0 Å². The third-order valence-electron chi connectivity index (χ3n) is 6.58. The smallest absolute Gasteiger partial charge is 0.325 e. The van der Waals surface area contributed by atoms with E-state index in [1.807, 2.05) is 35.2 Å². The van der Waals surface area contributed by atoms with Crippen molar-refractivity contribution in [1.29, 1.82) is 0 Å². The highest BCUT2D eigenvalue weighted by molar-refractivity contribution is 6.30. The van der Waals surface area contributed by atoms with Crippen LogP contribution in [0.25, 0.3) is 10.9 Å². The zero-order chi connectivity index (χ0) is 23.7. The average molecular weight is 478 g/mol. The molecule has 0 radical (unpaired) electrons. The van der Waals surface area contributed by atoms with Gasteiger partial charge in [-0.3, -0.25) is 14.6 Å². The molecule has 5 rings (SSSR count). The van der Waals surface area contributed by atoms with Crippen molar-refractivity contribution < 1.29 is 14.3 Å². The van der Waals surface area contributed by atoms with Crippen LogP contribution in [0.3, 0.4) is 0 Å². The number of aromatic amines is 1. The van der Waals surface area contributed by atoms with Gasteiger partial charge in [0.15, 0.2) is 0 Å². The molecule has 2 N–H and O–H groups in total. The number of carboxylic acid groups (broad SMARTS) is 1. The molecule has 1 aliphatic heterocycles. The third-order valence-corrected chi connectivity index (χ3v) is 6.84. The van der Waals surface area contributed by atoms with Crippen LogP contribution in [0.4, 0.5) is 4.39 Å². The van der Waals surface area contributed by atoms with Gasteiger partial charge >= 0.3 is 5.97 Å². The Morgan fingerprint density at radius 1 is 0.912 bits per heavy atom. The molecule has 7 heteroatoms. The lowest BCUT2D eigenvalue weighted by Gasteiger charge is -2.41. The first-order chi connectivity index (χ1) is 16.5. The SMILES string of the molecule is O=C(O)[C@@H](c1c[nH]c2cc(F)ccc12)N1CCN([C@@H](c2ccccc2)c2ccc(Cl)cc2)CC1. The van der Waals surface area contributed by atoms with Gasteiger partial charge in [0.1, 0.15) is 11.9 Å². The Hall–Kier alpha value is -3.19. The van der Waals surface area contributed by atoms with E-state index in [0.717, 1.165) is 10.9 Å². The average Bonchev–Trinajstić information content (AvgIpc) is 3.24. The standard InChI is InChI=1S/C27H25ClFN3O2/c28-20-8-6-19(7-9-20)25(18-4-2-1-3-5-18)31-12-14-32(15-13-31)26(27(33)34)23-17-30-24-16-21(29)10-11-22(23)24/h1-11,16-17,25-26,30H,12-15H2,(H,33,34)/t25-,26+/m0/s1. The van der Waals surface area contributed by atoms with Crippen LogP contribution in [0.2, 0.25) is 5.02 Å². The Kier molecular flexibility index (Phi) is 6.37. The number of aliphatic carboxylic acids is 1. The number of carboxylic acids is 1. The van der Waals surface area contributed by atoms with Crippen LogP contribution in [0.1, 0.15) is 28.8 Å². The number of rotatable bonds is 6. The summed E-state index contributed by atoms with van der Waals surface area (Å²) in [5.74, 6) is -1.26. The van der Waals surface area contributed by atoms with Crippen molar-refractivity contribution in [2.75, 3.05) is 26.2 Å². The van der Waals surface area contributed by atoms with E-state index in [4.69, 9.17) is 11.6 Å². The van der Waals surface area contributed by atoms with Gasteiger partial charge in [0.2, 0.25) is 0 Å². The fourth-order valence-corrected chi connectivity index (χ4v) is 5.11. The number of nitrogens with one attached hydrogen (secondary N) is 1. The summed E-state index contributed by atoms with van der Waals surface area (Å²) in [7, 11) is 0. The Labute approximate surface area is 202 Å². The third kappa shape index (κ3) is 4.44. The van der Waals surface area contributed by atoms with Crippen LogP contribution in [-0.2, 0) is 4.79 Å². The van der Waals surface area contributed by atoms with Gasteiger partial charge < -0.3 is 10.1 Å². The normalized spacial score (nSPS) is 17.0. The molecule has 0 unspecified atom stereocenters. The summed E-state index contributed by atoms with van der Waals surface area (Å²) in [6, 6.07) is 21.9. The number of carbonyl (C=O) groups is 1. The summed E-state index contributed by atoms with van der Waals surface area (Å²) in [6.45, 7) is 2.62. The lowest BCUT2D eigenvalue weighted by Crippen LogP contribution is -2.50. The van der Waals surface area contributed by atoms with E-state index in [9.17, 15) is 14.3 Å². The van der Waals surface area contributed by atoms with E-state index in [1.54, 1.807) is 12.3 Å². The summed E-state index contributed by atoms with van der Waals surface area (Å²) in [6.07, 6.45) is 1.69. The molecule has 34 heavy (non-hydrogen) atoms. The van der Waals surface area contributed by atoms with Gasteiger partial charge in [-0.25, -0.2) is 4.39 Å². The topological polar surface area (TPSA) is 59.6 Å². The fraction of sp³-hybridized carbons (Fsp3) is 0.222. The summed E-state index contributed by atoms with van der Waals surface area (Å²) in [4.78, 5) is 19.8. The molecule has 5 nitrogen and oxygen atoms in total. The molecule has 1 fully saturated rings. The molecule has 1 saturated heterocycles. The maximum absolute atomic E-state index is 13.6. The molecule has 0 saturated carbocycles. The fourth-order valence-electron chi connectivity index (χ4n) is 4.98. The first kappa shape index (κ1) is 22.6. The lowest BCUT2D eigenvalue weighted by molar-refractivity contribution is -0.144. The largest absolute Gasteiger partial charge is 0.480 e. The summed E-state index contributed by atoms with van der Waals surface area (Å²) < 4.78 is 13.6. The Morgan fingerprint density at radius 2 is 1.56 bits per heavy atom. The molecular formula is C27H25ClFN3O2. The van der Waals surface area contributed by atoms with Gasteiger partial charge in [-0.15, -0.1) is 0 Å². The van der Waals surface area contributed by atoms with Crippen molar-refractivity contribution in [2.24, 2.45) is 0 Å². The van der Waals surface area contributed by atoms with Crippen molar-refractivity contribution in [1.82, 2.24) is 14.8 Å². The molecule has 174 valence electrons. The molecule has 1 aliphatic rings. The number of hydrogen-bond acceptors (Lipinski definition) is 3. The van der Waals surface area contributed by atoms with E-state index in [0.29, 0.717) is 42.3 Å². The van der Waals surface area contributed by atoms with Gasteiger partial charge in [-0.1, -0.05) is 54.1 Å². The Morgan fingerprint density at radius 3 is 2.24 bits per heavy atom. The first-order valence-corrected chi connectivity index (χ1v) is 11.7. The van der Waals surface area contributed by atoms with Crippen LogP contribution >= 0.6 is 11.6 Å². The number of H-pyrrole nitrogens is 1. The first-order valence-electron chi connectivity index (χ1n) is 11.3. The van der Waals surface area contributed by atoms with Gasteiger partial charge in [0.05, 0.1) is 6.04 Å². The molecule has 0 aliphatic carbocycles. The quantitative estimate of drug-likeness (QED) is 0.385. The second-order valence-electron chi connectivity index (χ2n) is 8.61. The van der Waals surface area contributed by atoms with Crippen molar-refractivity contribution in [3.63, 3.8) is 0 Å². The van der Waals surface area contributed by atoms with Gasteiger partial charge in [-0.2, -0.15) is 0 Å². The van der Waals surface area contributed by atoms with E-state index in [2.05, 4.69) is 34.1 Å². The number of aromatic nitrogens is 1. The maximum atomic E-state index is 13.6. The molecule has 0 spiro atoms. The highest BCUT2D eigenvalue weighted by atomic mass is 35.5. The summed E-state index contributed by atoms with van der Waals surface area (Å²) in [5.41, 5.74) is 3.60. The van der Waals surface area contributed by atoms with E-state index in [-0.39, 0.29) is 11.9 Å². The second kappa shape index (κ2) is 9.58. The molecule has 2 atom stereocenters. The van der Waals surface area contributed by atoms with E-state index >= 15 is 0 Å². The van der Waals surface area contributed by atoms with Crippen molar-refractivity contribution in [2.45, 2.75) is 12.1 Å². The van der Waals surface area contributed by atoms with Gasteiger partial charge in [0, 0.05) is 53.9 Å². The summed E-state index contributed by atoms with van der Waals surface area (Å²) >= 11 is 6.13. The number of piperazine rings is 1. The molecule has 0 amide bonds. The highest BCUT2D eigenvalue weighted by Gasteiger charge is 2.34. The minimum absolute atomic E-state index is 0.0555. The number of hydrogen-bond donors (Lipinski definition) is 2. The van der Waals surface area contributed by atoms with Crippen molar-refractivity contribution >= 4 is 28.5 Å². The number of nitrogens with zero attached hydrogens (tertiary/aromatic N) is 2. The Balaban J connectivity index is 1.40. The minimum Gasteiger partial charge on any atom is -0.480 e. The molecule has 0 bridgehead atoms. The predicted molar refractivity (Wildman–Crippen MR) is 132 cm³/mol.